The Hall–Kier alpha value is -3.61. The molecule has 28 heavy (non-hydrogen) atoms. The van der Waals surface area contributed by atoms with Crippen LogP contribution in [0.3, 0.4) is 0 Å². The normalized spacial score (nSPS) is 15.5. The van der Waals surface area contributed by atoms with Crippen LogP contribution in [0.25, 0.3) is 0 Å². The smallest absolute Gasteiger partial charge is 0.263 e. The molecule has 0 radical (unpaired) electrons. The zero-order valence-corrected chi connectivity index (χ0v) is 15.4. The summed E-state index contributed by atoms with van der Waals surface area (Å²) >= 11 is 0. The molecular formula is C21H20N4O3. The van der Waals surface area contributed by atoms with Crippen LogP contribution in [0.2, 0.25) is 0 Å². The molecule has 7 nitrogen and oxygen atoms in total. The molecular weight excluding hydrogens is 356 g/mol. The van der Waals surface area contributed by atoms with Gasteiger partial charge in [0.15, 0.2) is 6.10 Å². The Balaban J connectivity index is 1.54. The van der Waals surface area contributed by atoms with Gasteiger partial charge in [0.1, 0.15) is 5.75 Å². The first-order valence-electron chi connectivity index (χ1n) is 8.99. The van der Waals surface area contributed by atoms with Crippen LogP contribution in [0.15, 0.2) is 67.0 Å². The van der Waals surface area contributed by atoms with E-state index in [1.165, 1.54) is 6.20 Å². The lowest BCUT2D eigenvalue weighted by molar-refractivity contribution is -0.127. The molecule has 1 atom stereocenters. The predicted octanol–water partition coefficient (Wildman–Crippen LogP) is 2.14. The van der Waals surface area contributed by atoms with Crippen LogP contribution in [-0.4, -0.2) is 34.2 Å². The maximum Gasteiger partial charge on any atom is 0.263 e. The van der Waals surface area contributed by atoms with Crippen molar-refractivity contribution in [3.8, 4) is 5.75 Å². The van der Waals surface area contributed by atoms with Gasteiger partial charge in [-0.05, 0) is 17.7 Å². The maximum absolute atomic E-state index is 13.0. The second-order valence-electron chi connectivity index (χ2n) is 6.60. The van der Waals surface area contributed by atoms with Crippen LogP contribution in [0, 0.1) is 0 Å². The standard InChI is InChI=1S/C21H20N4O3/c1-24-13-16(12-23-24)21(27)25-14-19(28-18-10-6-5-9-17(18)25)20(26)22-11-15-7-3-2-4-8-15/h2-10,12-13,19H,11,14H2,1H3,(H,22,26). The van der Waals surface area contributed by atoms with Gasteiger partial charge < -0.3 is 15.0 Å². The molecule has 2 heterocycles. The van der Waals surface area contributed by atoms with E-state index in [2.05, 4.69) is 10.4 Å². The van der Waals surface area contributed by atoms with E-state index in [-0.39, 0.29) is 18.4 Å². The summed E-state index contributed by atoms with van der Waals surface area (Å²) in [6.07, 6.45) is 2.38. The second-order valence-corrected chi connectivity index (χ2v) is 6.60. The van der Waals surface area contributed by atoms with Crippen LogP contribution >= 0.6 is 0 Å². The number of nitrogens with one attached hydrogen (secondary N) is 1. The molecule has 0 aliphatic carbocycles. The molecule has 0 saturated carbocycles. The van der Waals surface area contributed by atoms with Crippen molar-refractivity contribution in [2.45, 2.75) is 12.6 Å². The summed E-state index contributed by atoms with van der Waals surface area (Å²) in [7, 11) is 1.75. The molecule has 2 aromatic carbocycles. The first kappa shape index (κ1) is 17.8. The highest BCUT2D eigenvalue weighted by molar-refractivity contribution is 6.07. The molecule has 3 aromatic rings. The Kier molecular flexibility index (Phi) is 4.80. The third kappa shape index (κ3) is 3.59. The van der Waals surface area contributed by atoms with Gasteiger partial charge in [-0.2, -0.15) is 5.10 Å². The van der Waals surface area contributed by atoms with E-state index in [1.54, 1.807) is 28.9 Å². The number of nitrogens with zero attached hydrogens (tertiary/aromatic N) is 3. The molecule has 1 unspecified atom stereocenters. The summed E-state index contributed by atoms with van der Waals surface area (Å²) in [5.74, 6) is 0.0258. The average molecular weight is 376 g/mol. The number of anilines is 1. The Bertz CT molecular complexity index is 1000. The molecule has 1 aliphatic heterocycles. The number of benzene rings is 2. The van der Waals surface area contributed by atoms with Crippen molar-refractivity contribution in [1.29, 1.82) is 0 Å². The predicted molar refractivity (Wildman–Crippen MR) is 104 cm³/mol. The molecule has 0 saturated heterocycles. The van der Waals surface area contributed by atoms with Crippen molar-refractivity contribution >= 4 is 17.5 Å². The van der Waals surface area contributed by atoms with E-state index in [0.717, 1.165) is 5.56 Å². The number of carbonyl (C=O) groups excluding carboxylic acids is 2. The second kappa shape index (κ2) is 7.56. The van der Waals surface area contributed by atoms with Gasteiger partial charge in [0.2, 0.25) is 0 Å². The molecule has 1 aliphatic rings. The third-order valence-corrected chi connectivity index (χ3v) is 4.57. The van der Waals surface area contributed by atoms with Crippen molar-refractivity contribution in [2.24, 2.45) is 7.05 Å². The molecule has 1 aromatic heterocycles. The number of fused-ring (bicyclic) bond motifs is 1. The summed E-state index contributed by atoms with van der Waals surface area (Å²) < 4.78 is 7.45. The van der Waals surface area contributed by atoms with Gasteiger partial charge >= 0.3 is 0 Å². The Morgan fingerprint density at radius 3 is 2.64 bits per heavy atom. The Morgan fingerprint density at radius 2 is 1.89 bits per heavy atom. The summed E-state index contributed by atoms with van der Waals surface area (Å²) in [4.78, 5) is 27.3. The number of aromatic nitrogens is 2. The molecule has 2 amide bonds. The number of aryl methyl sites for hydroxylation is 1. The van der Waals surface area contributed by atoms with Crippen LogP contribution in [-0.2, 0) is 18.4 Å². The van der Waals surface area contributed by atoms with Gasteiger partial charge in [-0.25, -0.2) is 0 Å². The number of amides is 2. The number of ether oxygens (including phenoxy) is 1. The lowest BCUT2D eigenvalue weighted by Gasteiger charge is -2.34. The van der Waals surface area contributed by atoms with Crippen LogP contribution in [0.1, 0.15) is 15.9 Å². The van der Waals surface area contributed by atoms with Crippen LogP contribution in [0.4, 0.5) is 5.69 Å². The Morgan fingerprint density at radius 1 is 1.14 bits per heavy atom. The highest BCUT2D eigenvalue weighted by Crippen LogP contribution is 2.34. The largest absolute Gasteiger partial charge is 0.477 e. The summed E-state index contributed by atoms with van der Waals surface area (Å²) in [6.45, 7) is 0.531. The molecule has 0 spiro atoms. The first-order chi connectivity index (χ1) is 13.6. The summed E-state index contributed by atoms with van der Waals surface area (Å²) in [5.41, 5.74) is 2.10. The van der Waals surface area contributed by atoms with Gasteiger partial charge in [-0.1, -0.05) is 42.5 Å². The van der Waals surface area contributed by atoms with Crippen molar-refractivity contribution in [2.75, 3.05) is 11.4 Å². The lowest BCUT2D eigenvalue weighted by atomic mass is 10.1. The average Bonchev–Trinajstić information content (AvgIpc) is 3.17. The topological polar surface area (TPSA) is 76.5 Å². The maximum atomic E-state index is 13.0. The highest BCUT2D eigenvalue weighted by atomic mass is 16.5. The van der Waals surface area contributed by atoms with Gasteiger partial charge in [-0.15, -0.1) is 0 Å². The zero-order chi connectivity index (χ0) is 19.5. The van der Waals surface area contributed by atoms with Gasteiger partial charge in [0.25, 0.3) is 11.8 Å². The fourth-order valence-electron chi connectivity index (χ4n) is 3.15. The molecule has 4 rings (SSSR count). The minimum atomic E-state index is -0.792. The van der Waals surface area contributed by atoms with Crippen molar-refractivity contribution in [3.63, 3.8) is 0 Å². The van der Waals surface area contributed by atoms with Gasteiger partial charge in [0.05, 0.1) is 24.0 Å². The monoisotopic (exact) mass is 376 g/mol. The SMILES string of the molecule is Cn1cc(C(=O)N2CC(C(=O)NCc3ccccc3)Oc3ccccc32)cn1. The zero-order valence-electron chi connectivity index (χ0n) is 15.4. The van der Waals surface area contributed by atoms with E-state index in [0.29, 0.717) is 23.5 Å². The Labute approximate surface area is 162 Å². The molecule has 0 fully saturated rings. The van der Waals surface area contributed by atoms with E-state index in [9.17, 15) is 9.59 Å². The number of rotatable bonds is 4. The van der Waals surface area contributed by atoms with E-state index < -0.39 is 6.10 Å². The molecule has 142 valence electrons. The van der Waals surface area contributed by atoms with Gasteiger partial charge in [-0.3, -0.25) is 14.3 Å². The quantitative estimate of drug-likeness (QED) is 0.757. The minimum absolute atomic E-state index is 0.130. The fourth-order valence-corrected chi connectivity index (χ4v) is 3.15. The summed E-state index contributed by atoms with van der Waals surface area (Å²) in [6, 6.07) is 16.9. The highest BCUT2D eigenvalue weighted by Gasteiger charge is 2.34. The number of para-hydroxylation sites is 2. The van der Waals surface area contributed by atoms with Crippen molar-refractivity contribution in [1.82, 2.24) is 15.1 Å². The first-order valence-corrected chi connectivity index (χ1v) is 8.99. The number of hydrogen-bond acceptors (Lipinski definition) is 4. The summed E-state index contributed by atoms with van der Waals surface area (Å²) in [5, 5.41) is 6.95. The van der Waals surface area contributed by atoms with Crippen molar-refractivity contribution < 1.29 is 14.3 Å². The van der Waals surface area contributed by atoms with E-state index in [4.69, 9.17) is 4.74 Å². The number of carbonyl (C=O) groups is 2. The van der Waals surface area contributed by atoms with Gasteiger partial charge in [0, 0.05) is 19.8 Å². The molecule has 7 heteroatoms. The fraction of sp³-hybridized carbons (Fsp3) is 0.190. The lowest BCUT2D eigenvalue weighted by Crippen LogP contribution is -2.50. The molecule has 0 bridgehead atoms. The van der Waals surface area contributed by atoms with Crippen LogP contribution in [0.5, 0.6) is 5.75 Å². The number of hydrogen-bond donors (Lipinski definition) is 1. The van der Waals surface area contributed by atoms with E-state index in [1.807, 2.05) is 48.5 Å². The third-order valence-electron chi connectivity index (χ3n) is 4.57. The molecule has 1 N–H and O–H groups in total. The van der Waals surface area contributed by atoms with Crippen molar-refractivity contribution in [3.05, 3.63) is 78.1 Å². The van der Waals surface area contributed by atoms with Crippen LogP contribution < -0.4 is 15.0 Å². The minimum Gasteiger partial charge on any atom is -0.477 e. The van der Waals surface area contributed by atoms with E-state index >= 15 is 0 Å².